The summed E-state index contributed by atoms with van der Waals surface area (Å²) in [6.07, 6.45) is 1.89. The number of benzene rings is 6. The third-order valence-electron chi connectivity index (χ3n) is 8.77. The molecule has 0 saturated heterocycles. The molecule has 0 fully saturated rings. The van der Waals surface area contributed by atoms with E-state index < -0.39 is 0 Å². The lowest BCUT2D eigenvalue weighted by Gasteiger charge is -2.12. The van der Waals surface area contributed by atoms with Crippen molar-refractivity contribution in [3.8, 4) is 33.6 Å². The van der Waals surface area contributed by atoms with E-state index in [-0.39, 0.29) is 0 Å². The summed E-state index contributed by atoms with van der Waals surface area (Å²) in [5, 5.41) is 3.64. The van der Waals surface area contributed by atoms with Crippen molar-refractivity contribution in [2.75, 3.05) is 0 Å². The quantitative estimate of drug-likeness (QED) is 0.210. The summed E-state index contributed by atoms with van der Waals surface area (Å²) < 4.78 is 4.74. The number of hydrogen-bond acceptors (Lipinski definition) is 1. The van der Waals surface area contributed by atoms with Crippen molar-refractivity contribution in [3.05, 3.63) is 164 Å². The van der Waals surface area contributed by atoms with Gasteiger partial charge in [-0.2, -0.15) is 0 Å². The van der Waals surface area contributed by atoms with Crippen molar-refractivity contribution in [3.63, 3.8) is 0 Å². The van der Waals surface area contributed by atoms with E-state index in [4.69, 9.17) is 4.98 Å². The Morgan fingerprint density at radius 3 is 1.86 bits per heavy atom. The van der Waals surface area contributed by atoms with E-state index >= 15 is 0 Å². The van der Waals surface area contributed by atoms with Gasteiger partial charge in [0.25, 0.3) is 0 Å². The van der Waals surface area contributed by atoms with Crippen LogP contribution in [0.1, 0.15) is 0 Å². The van der Waals surface area contributed by atoms with Crippen molar-refractivity contribution in [1.29, 1.82) is 0 Å². The standard InChI is InChI=1S/C41H27N3/c1-3-11-28(12-4-1)29-20-23-32(24-21-29)43-37-18-8-7-15-34(37)36-27-30(22-25-38(36)43)33-16-9-17-35-40-39(19-10-26-42-40)44(41(33)35)31-13-5-2-6-14-31/h1-27H. The topological polar surface area (TPSA) is 22.8 Å². The first kappa shape index (κ1) is 24.6. The Labute approximate surface area is 254 Å². The molecule has 0 atom stereocenters. The first-order chi connectivity index (χ1) is 21.8. The Morgan fingerprint density at radius 2 is 1.02 bits per heavy atom. The largest absolute Gasteiger partial charge is 0.309 e. The average Bonchev–Trinajstić information content (AvgIpc) is 3.62. The average molecular weight is 562 g/mol. The van der Waals surface area contributed by atoms with Gasteiger partial charge < -0.3 is 9.13 Å². The number of hydrogen-bond donors (Lipinski definition) is 0. The molecular formula is C41H27N3. The SMILES string of the molecule is c1ccc(-c2ccc(-n3c4ccccc4c4cc(-c5cccc6c7ncccc7n(-c7ccccc7)c56)ccc43)cc2)cc1. The fourth-order valence-electron chi connectivity index (χ4n) is 6.81. The molecule has 0 aliphatic carbocycles. The fraction of sp³-hybridized carbons (Fsp3) is 0. The highest BCUT2D eigenvalue weighted by Crippen LogP contribution is 2.40. The van der Waals surface area contributed by atoms with Crippen LogP contribution < -0.4 is 0 Å². The molecule has 3 aromatic heterocycles. The second kappa shape index (κ2) is 9.82. The molecule has 0 aliphatic heterocycles. The van der Waals surface area contributed by atoms with E-state index in [0.717, 1.165) is 27.8 Å². The van der Waals surface area contributed by atoms with E-state index in [2.05, 4.69) is 161 Å². The molecule has 0 bridgehead atoms. The zero-order chi connectivity index (χ0) is 29.0. The maximum absolute atomic E-state index is 4.82. The number of rotatable bonds is 4. The van der Waals surface area contributed by atoms with Crippen molar-refractivity contribution < 1.29 is 0 Å². The molecule has 3 nitrogen and oxygen atoms in total. The highest BCUT2D eigenvalue weighted by Gasteiger charge is 2.19. The molecular weight excluding hydrogens is 534 g/mol. The van der Waals surface area contributed by atoms with Crippen LogP contribution in [0.25, 0.3) is 77.4 Å². The van der Waals surface area contributed by atoms with E-state index in [0.29, 0.717) is 0 Å². The van der Waals surface area contributed by atoms with Gasteiger partial charge in [0.2, 0.25) is 0 Å². The lowest BCUT2D eigenvalue weighted by atomic mass is 10.00. The van der Waals surface area contributed by atoms with Crippen LogP contribution in [0, 0.1) is 0 Å². The molecule has 3 heterocycles. The number of pyridine rings is 1. The van der Waals surface area contributed by atoms with E-state index in [1.807, 2.05) is 12.3 Å². The number of nitrogens with zero attached hydrogens (tertiary/aromatic N) is 3. The summed E-state index contributed by atoms with van der Waals surface area (Å²) in [5.74, 6) is 0. The zero-order valence-corrected chi connectivity index (χ0v) is 23.9. The van der Waals surface area contributed by atoms with E-state index in [1.165, 1.54) is 49.6 Å². The Kier molecular flexibility index (Phi) is 5.50. The Bertz CT molecular complexity index is 2470. The predicted molar refractivity (Wildman–Crippen MR) is 184 cm³/mol. The normalized spacial score (nSPS) is 11.6. The van der Waals surface area contributed by atoms with Gasteiger partial charge in [-0.3, -0.25) is 4.98 Å². The first-order valence-electron chi connectivity index (χ1n) is 15.0. The maximum atomic E-state index is 4.82. The van der Waals surface area contributed by atoms with Crippen LogP contribution in [-0.2, 0) is 0 Å². The Balaban J connectivity index is 1.27. The van der Waals surface area contributed by atoms with E-state index in [1.54, 1.807) is 0 Å². The fourth-order valence-corrected chi connectivity index (χ4v) is 6.81. The molecule has 0 aliphatic rings. The third-order valence-corrected chi connectivity index (χ3v) is 8.77. The summed E-state index contributed by atoms with van der Waals surface area (Å²) >= 11 is 0. The minimum absolute atomic E-state index is 1.02. The highest BCUT2D eigenvalue weighted by atomic mass is 15.0. The van der Waals surface area contributed by atoms with Crippen molar-refractivity contribution in [2.24, 2.45) is 0 Å². The molecule has 206 valence electrons. The van der Waals surface area contributed by atoms with Crippen LogP contribution in [0.2, 0.25) is 0 Å². The minimum atomic E-state index is 1.02. The van der Waals surface area contributed by atoms with Crippen LogP contribution in [0.15, 0.2) is 164 Å². The van der Waals surface area contributed by atoms with Crippen molar-refractivity contribution in [1.82, 2.24) is 14.1 Å². The Morgan fingerprint density at radius 1 is 0.386 bits per heavy atom. The highest BCUT2D eigenvalue weighted by molar-refractivity contribution is 6.14. The summed E-state index contributed by atoms with van der Waals surface area (Å²) in [7, 11) is 0. The number of aromatic nitrogens is 3. The summed E-state index contributed by atoms with van der Waals surface area (Å²) in [6.45, 7) is 0. The first-order valence-corrected chi connectivity index (χ1v) is 15.0. The molecule has 0 N–H and O–H groups in total. The maximum Gasteiger partial charge on any atom is 0.0963 e. The molecule has 9 rings (SSSR count). The van der Waals surface area contributed by atoms with Crippen LogP contribution in [0.5, 0.6) is 0 Å². The zero-order valence-electron chi connectivity index (χ0n) is 23.9. The van der Waals surface area contributed by atoms with Gasteiger partial charge in [0.05, 0.1) is 27.6 Å². The van der Waals surface area contributed by atoms with Gasteiger partial charge >= 0.3 is 0 Å². The summed E-state index contributed by atoms with van der Waals surface area (Å²) in [4.78, 5) is 4.82. The lowest BCUT2D eigenvalue weighted by molar-refractivity contribution is 1.17. The van der Waals surface area contributed by atoms with Gasteiger partial charge in [0, 0.05) is 39.3 Å². The number of fused-ring (bicyclic) bond motifs is 6. The molecule has 0 unspecified atom stereocenters. The summed E-state index contributed by atoms with van der Waals surface area (Å²) in [6, 6.07) is 56.5. The van der Waals surface area contributed by atoms with Gasteiger partial charge in [0.15, 0.2) is 0 Å². The second-order valence-electron chi connectivity index (χ2n) is 11.2. The minimum Gasteiger partial charge on any atom is -0.309 e. The van der Waals surface area contributed by atoms with Gasteiger partial charge in [-0.15, -0.1) is 0 Å². The third kappa shape index (κ3) is 3.73. The van der Waals surface area contributed by atoms with E-state index in [9.17, 15) is 0 Å². The molecule has 0 amide bonds. The van der Waals surface area contributed by atoms with Crippen molar-refractivity contribution >= 4 is 43.7 Å². The molecule has 44 heavy (non-hydrogen) atoms. The number of para-hydroxylation sites is 3. The van der Waals surface area contributed by atoms with Crippen LogP contribution >= 0.6 is 0 Å². The molecule has 9 aromatic rings. The molecule has 6 aromatic carbocycles. The van der Waals surface area contributed by atoms with Crippen LogP contribution in [0.3, 0.4) is 0 Å². The molecule has 0 spiro atoms. The lowest BCUT2D eigenvalue weighted by Crippen LogP contribution is -1.95. The molecule has 0 radical (unpaired) electrons. The molecule has 0 saturated carbocycles. The predicted octanol–water partition coefficient (Wildman–Crippen LogP) is 10.6. The monoisotopic (exact) mass is 561 g/mol. The van der Waals surface area contributed by atoms with Gasteiger partial charge in [-0.25, -0.2) is 0 Å². The van der Waals surface area contributed by atoms with Crippen LogP contribution in [-0.4, -0.2) is 14.1 Å². The molecule has 3 heteroatoms. The van der Waals surface area contributed by atoms with Gasteiger partial charge in [-0.05, 0) is 71.3 Å². The Hall–Kier alpha value is -5.93. The summed E-state index contributed by atoms with van der Waals surface area (Å²) in [5.41, 5.74) is 12.8. The smallest absolute Gasteiger partial charge is 0.0963 e. The van der Waals surface area contributed by atoms with Crippen LogP contribution in [0.4, 0.5) is 0 Å². The van der Waals surface area contributed by atoms with Gasteiger partial charge in [-0.1, -0.05) is 103 Å². The van der Waals surface area contributed by atoms with Crippen molar-refractivity contribution in [2.45, 2.75) is 0 Å². The van der Waals surface area contributed by atoms with Gasteiger partial charge in [0.1, 0.15) is 0 Å². The second-order valence-corrected chi connectivity index (χ2v) is 11.2.